The molecule has 0 unspecified atom stereocenters. The molecule has 0 atom stereocenters. The maximum atomic E-state index is 13.3. The van der Waals surface area contributed by atoms with Gasteiger partial charge in [-0.25, -0.2) is 9.78 Å². The number of hydrogen-bond acceptors (Lipinski definition) is 3. The lowest BCUT2D eigenvalue weighted by atomic mass is 9.79. The number of aromatic nitrogens is 2. The van der Waals surface area contributed by atoms with Gasteiger partial charge in [0, 0.05) is 34.6 Å². The average molecular weight is 517 g/mol. The number of urea groups is 1. The first-order valence-corrected chi connectivity index (χ1v) is 13.6. The molecule has 0 aliphatic heterocycles. The Morgan fingerprint density at radius 1 is 0.872 bits per heavy atom. The van der Waals surface area contributed by atoms with Gasteiger partial charge in [-0.3, -0.25) is 0 Å². The van der Waals surface area contributed by atoms with E-state index in [1.807, 2.05) is 79.0 Å². The third-order valence-electron chi connectivity index (χ3n) is 7.55. The molecule has 6 nitrogen and oxygen atoms in total. The molecular weight excluding hydrogens is 484 g/mol. The maximum absolute atomic E-state index is 13.3. The zero-order valence-corrected chi connectivity index (χ0v) is 22.0. The van der Waals surface area contributed by atoms with Gasteiger partial charge in [0.05, 0.1) is 16.7 Å². The van der Waals surface area contributed by atoms with Crippen molar-refractivity contribution in [2.24, 2.45) is 0 Å². The standard InChI is InChI=1S/C33H32N4O2/c1-23-19-30(36-29-16-7-6-15-28(23)29)24-20-31(34-22-24)33(17-8-3-9-18-33)37-32(38)35-25-11-10-14-27(21-25)39-26-12-4-2-5-13-26/h2,4-7,10-16,19-22,34H,3,8-9,17-18H2,1H3,(H2,35,37,38). The summed E-state index contributed by atoms with van der Waals surface area (Å²) in [6.07, 6.45) is 7.04. The van der Waals surface area contributed by atoms with E-state index in [1.165, 1.54) is 12.0 Å². The molecule has 39 heavy (non-hydrogen) atoms. The quantitative estimate of drug-likeness (QED) is 0.212. The Kier molecular flexibility index (Phi) is 6.76. The Labute approximate surface area is 228 Å². The van der Waals surface area contributed by atoms with Crippen molar-refractivity contribution >= 4 is 22.6 Å². The second-order valence-electron chi connectivity index (χ2n) is 10.3. The zero-order valence-electron chi connectivity index (χ0n) is 22.0. The lowest BCUT2D eigenvalue weighted by Gasteiger charge is -2.37. The third kappa shape index (κ3) is 5.36. The smallest absolute Gasteiger partial charge is 0.319 e. The highest BCUT2D eigenvalue weighted by Gasteiger charge is 2.37. The molecule has 2 aromatic heterocycles. The van der Waals surface area contributed by atoms with E-state index < -0.39 is 5.54 Å². The van der Waals surface area contributed by atoms with Crippen LogP contribution < -0.4 is 15.4 Å². The SMILES string of the molecule is Cc1cc(-c2c[nH]c(C3(NC(=O)Nc4cccc(Oc5ccccc5)c4)CCCCC3)c2)nc2ccccc12. The molecule has 6 rings (SSSR count). The number of ether oxygens (including phenoxy) is 1. The van der Waals surface area contributed by atoms with Crippen LogP contribution >= 0.6 is 0 Å². The number of carbonyl (C=O) groups is 1. The molecule has 2 heterocycles. The fraction of sp³-hybridized carbons (Fsp3) is 0.212. The second-order valence-corrected chi connectivity index (χ2v) is 10.3. The molecule has 2 amide bonds. The molecule has 0 radical (unpaired) electrons. The Hall–Kier alpha value is -4.58. The summed E-state index contributed by atoms with van der Waals surface area (Å²) in [4.78, 5) is 21.7. The largest absolute Gasteiger partial charge is 0.457 e. The van der Waals surface area contributed by atoms with Crippen molar-refractivity contribution in [1.82, 2.24) is 15.3 Å². The number of carbonyl (C=O) groups excluding carboxylic acids is 1. The molecule has 1 aliphatic carbocycles. The van der Waals surface area contributed by atoms with Crippen LogP contribution in [0.15, 0.2) is 97.2 Å². The van der Waals surface area contributed by atoms with Gasteiger partial charge < -0.3 is 20.4 Å². The summed E-state index contributed by atoms with van der Waals surface area (Å²) in [5.41, 5.74) is 5.36. The summed E-state index contributed by atoms with van der Waals surface area (Å²) >= 11 is 0. The van der Waals surface area contributed by atoms with Crippen LogP contribution in [-0.2, 0) is 5.54 Å². The first-order valence-electron chi connectivity index (χ1n) is 13.6. The Balaban J connectivity index is 1.22. The molecular formula is C33H32N4O2. The number of hydrogen-bond donors (Lipinski definition) is 3. The van der Waals surface area contributed by atoms with Gasteiger partial charge in [0.1, 0.15) is 11.5 Å². The summed E-state index contributed by atoms with van der Waals surface area (Å²) in [7, 11) is 0. The van der Waals surface area contributed by atoms with Crippen LogP contribution in [0.25, 0.3) is 22.2 Å². The van der Waals surface area contributed by atoms with E-state index in [0.717, 1.165) is 59.3 Å². The predicted octanol–water partition coefficient (Wildman–Crippen LogP) is 8.31. The molecule has 1 aliphatic rings. The van der Waals surface area contributed by atoms with Gasteiger partial charge in [-0.05, 0) is 67.8 Å². The van der Waals surface area contributed by atoms with Crippen molar-refractivity contribution < 1.29 is 9.53 Å². The molecule has 0 spiro atoms. The molecule has 1 fully saturated rings. The Morgan fingerprint density at radius 2 is 1.64 bits per heavy atom. The average Bonchev–Trinajstić information content (AvgIpc) is 3.46. The number of pyridine rings is 1. The maximum Gasteiger partial charge on any atom is 0.319 e. The highest BCUT2D eigenvalue weighted by molar-refractivity contribution is 5.90. The van der Waals surface area contributed by atoms with Crippen LogP contribution in [0.1, 0.15) is 43.4 Å². The van der Waals surface area contributed by atoms with Crippen LogP contribution in [0.3, 0.4) is 0 Å². The lowest BCUT2D eigenvalue weighted by molar-refractivity contribution is 0.210. The number of amides is 2. The van der Waals surface area contributed by atoms with E-state index in [-0.39, 0.29) is 6.03 Å². The summed E-state index contributed by atoms with van der Waals surface area (Å²) < 4.78 is 5.94. The van der Waals surface area contributed by atoms with E-state index in [2.05, 4.69) is 40.7 Å². The van der Waals surface area contributed by atoms with Crippen molar-refractivity contribution in [1.29, 1.82) is 0 Å². The second kappa shape index (κ2) is 10.7. The molecule has 6 heteroatoms. The summed E-state index contributed by atoms with van der Waals surface area (Å²) in [5, 5.41) is 7.51. The Bertz CT molecular complexity index is 1600. The minimum absolute atomic E-state index is 0.232. The van der Waals surface area contributed by atoms with Crippen LogP contribution in [0.4, 0.5) is 10.5 Å². The molecule has 5 aromatic rings. The van der Waals surface area contributed by atoms with E-state index in [0.29, 0.717) is 11.4 Å². The number of aryl methyl sites for hydroxylation is 1. The van der Waals surface area contributed by atoms with Crippen LogP contribution in [0, 0.1) is 6.92 Å². The van der Waals surface area contributed by atoms with E-state index in [9.17, 15) is 4.79 Å². The van der Waals surface area contributed by atoms with E-state index >= 15 is 0 Å². The van der Waals surface area contributed by atoms with Gasteiger partial charge in [0.15, 0.2) is 0 Å². The van der Waals surface area contributed by atoms with E-state index in [4.69, 9.17) is 9.72 Å². The van der Waals surface area contributed by atoms with Crippen molar-refractivity contribution in [2.75, 3.05) is 5.32 Å². The van der Waals surface area contributed by atoms with Gasteiger partial charge in [-0.15, -0.1) is 0 Å². The number of rotatable bonds is 6. The summed E-state index contributed by atoms with van der Waals surface area (Å²) in [6, 6.07) is 29.3. The number of nitrogens with one attached hydrogen (secondary N) is 3. The number of para-hydroxylation sites is 2. The van der Waals surface area contributed by atoms with Gasteiger partial charge in [0.25, 0.3) is 0 Å². The molecule has 1 saturated carbocycles. The first-order chi connectivity index (χ1) is 19.1. The van der Waals surface area contributed by atoms with Gasteiger partial charge in [0.2, 0.25) is 0 Å². The van der Waals surface area contributed by atoms with Crippen molar-refractivity contribution in [2.45, 2.75) is 44.6 Å². The molecule has 196 valence electrons. The number of fused-ring (bicyclic) bond motifs is 1. The fourth-order valence-corrected chi connectivity index (χ4v) is 5.57. The van der Waals surface area contributed by atoms with Crippen LogP contribution in [0.5, 0.6) is 11.5 Å². The van der Waals surface area contributed by atoms with E-state index in [1.54, 1.807) is 0 Å². The highest BCUT2D eigenvalue weighted by atomic mass is 16.5. The highest BCUT2D eigenvalue weighted by Crippen LogP contribution is 2.38. The minimum atomic E-state index is -0.468. The normalized spacial score (nSPS) is 14.6. The monoisotopic (exact) mass is 516 g/mol. The van der Waals surface area contributed by atoms with Gasteiger partial charge >= 0.3 is 6.03 Å². The molecule has 0 bridgehead atoms. The number of benzene rings is 3. The third-order valence-corrected chi connectivity index (χ3v) is 7.55. The number of aromatic amines is 1. The first kappa shape index (κ1) is 24.7. The van der Waals surface area contributed by atoms with Gasteiger partial charge in [-0.1, -0.05) is 61.7 Å². The Morgan fingerprint density at radius 3 is 2.49 bits per heavy atom. The number of nitrogens with zero attached hydrogens (tertiary/aromatic N) is 1. The summed E-state index contributed by atoms with van der Waals surface area (Å²) in [5.74, 6) is 1.41. The minimum Gasteiger partial charge on any atom is -0.457 e. The molecule has 0 saturated heterocycles. The number of anilines is 1. The van der Waals surface area contributed by atoms with Crippen LogP contribution in [-0.4, -0.2) is 16.0 Å². The van der Waals surface area contributed by atoms with Crippen LogP contribution in [0.2, 0.25) is 0 Å². The van der Waals surface area contributed by atoms with Crippen molar-refractivity contribution in [3.05, 3.63) is 108 Å². The van der Waals surface area contributed by atoms with Crippen molar-refractivity contribution in [3.8, 4) is 22.8 Å². The summed E-state index contributed by atoms with van der Waals surface area (Å²) in [6.45, 7) is 2.12. The topological polar surface area (TPSA) is 79.0 Å². The van der Waals surface area contributed by atoms with Gasteiger partial charge in [-0.2, -0.15) is 0 Å². The molecule has 3 aromatic carbocycles. The molecule has 3 N–H and O–H groups in total. The number of H-pyrrole nitrogens is 1. The fourth-order valence-electron chi connectivity index (χ4n) is 5.57. The lowest BCUT2D eigenvalue weighted by Crippen LogP contribution is -2.49. The zero-order chi connectivity index (χ0) is 26.7. The van der Waals surface area contributed by atoms with Crippen molar-refractivity contribution in [3.63, 3.8) is 0 Å². The predicted molar refractivity (Wildman–Crippen MR) is 156 cm³/mol.